The van der Waals surface area contributed by atoms with E-state index in [1.54, 1.807) is 18.7 Å². The van der Waals surface area contributed by atoms with Gasteiger partial charge in [-0.15, -0.1) is 0 Å². The minimum absolute atomic E-state index is 0.0762. The fraction of sp³-hybridized carbons (Fsp3) is 0.357. The maximum Gasteiger partial charge on any atom is 0.414 e. The lowest BCUT2D eigenvalue weighted by Gasteiger charge is -2.28. The van der Waals surface area contributed by atoms with E-state index in [9.17, 15) is 4.79 Å². The van der Waals surface area contributed by atoms with E-state index in [0.29, 0.717) is 12.3 Å². The molecule has 1 aromatic carbocycles. The summed E-state index contributed by atoms with van der Waals surface area (Å²) < 4.78 is 5.03. The van der Waals surface area contributed by atoms with Crippen LogP contribution in [0, 0.1) is 0 Å². The highest BCUT2D eigenvalue weighted by molar-refractivity contribution is 5.70. The molecule has 0 aliphatic heterocycles. The van der Waals surface area contributed by atoms with Crippen molar-refractivity contribution in [3.8, 4) is 0 Å². The number of hydrogen-bond acceptors (Lipinski definition) is 2. The summed E-state index contributed by atoms with van der Waals surface area (Å²) in [5, 5.41) is 0. The number of allylic oxidation sites excluding steroid dienone is 1. The Labute approximate surface area is 103 Å². The van der Waals surface area contributed by atoms with E-state index in [1.807, 2.05) is 37.3 Å². The van der Waals surface area contributed by atoms with Crippen molar-refractivity contribution in [1.29, 1.82) is 0 Å². The number of rotatable bonds is 4. The fourth-order valence-corrected chi connectivity index (χ4v) is 1.72. The van der Waals surface area contributed by atoms with Gasteiger partial charge in [0.1, 0.15) is 0 Å². The van der Waals surface area contributed by atoms with E-state index in [-0.39, 0.29) is 12.1 Å². The molecule has 0 aromatic heterocycles. The number of nitrogens with zero attached hydrogens (tertiary/aromatic N) is 1. The second kappa shape index (κ2) is 6.09. The van der Waals surface area contributed by atoms with Crippen molar-refractivity contribution in [2.75, 3.05) is 6.61 Å². The Morgan fingerprint density at radius 1 is 1.41 bits per heavy atom. The Hall–Kier alpha value is -1.77. The second-order valence-corrected chi connectivity index (χ2v) is 3.89. The standard InChI is InChI=1S/C14H19NO2/c1-5-17-14(16)15(11(2)3)12(4)13-9-7-6-8-10-13/h6-10,12H,2,5H2,1,3-4H3. The van der Waals surface area contributed by atoms with E-state index in [0.717, 1.165) is 5.56 Å². The number of ether oxygens (including phenoxy) is 1. The molecule has 0 fully saturated rings. The molecule has 0 N–H and O–H groups in total. The molecule has 0 saturated heterocycles. The third-order valence-corrected chi connectivity index (χ3v) is 2.55. The van der Waals surface area contributed by atoms with Crippen LogP contribution in [0.25, 0.3) is 0 Å². The molecule has 1 rings (SSSR count). The molecule has 92 valence electrons. The summed E-state index contributed by atoms with van der Waals surface area (Å²) in [5.41, 5.74) is 1.74. The summed E-state index contributed by atoms with van der Waals surface area (Å²) in [6.45, 7) is 9.75. The van der Waals surface area contributed by atoms with E-state index < -0.39 is 0 Å². The summed E-state index contributed by atoms with van der Waals surface area (Å²) in [4.78, 5) is 13.4. The van der Waals surface area contributed by atoms with E-state index >= 15 is 0 Å². The van der Waals surface area contributed by atoms with Gasteiger partial charge in [0.05, 0.1) is 12.6 Å². The molecule has 17 heavy (non-hydrogen) atoms. The zero-order valence-electron chi connectivity index (χ0n) is 10.6. The molecule has 0 saturated carbocycles. The summed E-state index contributed by atoms with van der Waals surface area (Å²) in [6, 6.07) is 9.75. The zero-order chi connectivity index (χ0) is 12.8. The van der Waals surface area contributed by atoms with Crippen LogP contribution in [0.5, 0.6) is 0 Å². The zero-order valence-corrected chi connectivity index (χ0v) is 10.6. The van der Waals surface area contributed by atoms with Gasteiger partial charge in [-0.1, -0.05) is 36.9 Å². The van der Waals surface area contributed by atoms with Crippen LogP contribution >= 0.6 is 0 Å². The van der Waals surface area contributed by atoms with Crippen LogP contribution in [0.2, 0.25) is 0 Å². The van der Waals surface area contributed by atoms with Crippen molar-refractivity contribution >= 4 is 6.09 Å². The van der Waals surface area contributed by atoms with Gasteiger partial charge in [0.25, 0.3) is 0 Å². The normalized spacial score (nSPS) is 11.7. The van der Waals surface area contributed by atoms with E-state index in [1.165, 1.54) is 0 Å². The first-order valence-corrected chi connectivity index (χ1v) is 5.74. The number of carbonyl (C=O) groups excluding carboxylic acids is 1. The maximum atomic E-state index is 11.8. The molecule has 1 unspecified atom stereocenters. The highest BCUT2D eigenvalue weighted by Gasteiger charge is 2.22. The van der Waals surface area contributed by atoms with Crippen LogP contribution < -0.4 is 0 Å². The molecule has 0 bridgehead atoms. The van der Waals surface area contributed by atoms with Gasteiger partial charge >= 0.3 is 6.09 Å². The van der Waals surface area contributed by atoms with Crippen molar-refractivity contribution < 1.29 is 9.53 Å². The first kappa shape index (κ1) is 13.3. The lowest BCUT2D eigenvalue weighted by Crippen LogP contribution is -2.32. The van der Waals surface area contributed by atoms with Crippen molar-refractivity contribution in [3.63, 3.8) is 0 Å². The third-order valence-electron chi connectivity index (χ3n) is 2.55. The molecule has 1 atom stereocenters. The Morgan fingerprint density at radius 3 is 2.47 bits per heavy atom. The van der Waals surface area contributed by atoms with Gasteiger partial charge in [-0.3, -0.25) is 4.90 Å². The molecule has 0 spiro atoms. The van der Waals surface area contributed by atoms with Gasteiger partial charge in [-0.05, 0) is 26.3 Å². The quantitative estimate of drug-likeness (QED) is 0.792. The highest BCUT2D eigenvalue weighted by atomic mass is 16.6. The molecule has 1 aromatic rings. The second-order valence-electron chi connectivity index (χ2n) is 3.89. The molecule has 0 heterocycles. The molecule has 3 heteroatoms. The lowest BCUT2D eigenvalue weighted by atomic mass is 10.1. The first-order valence-electron chi connectivity index (χ1n) is 5.74. The van der Waals surface area contributed by atoms with Crippen LogP contribution in [0.1, 0.15) is 32.4 Å². The Kier molecular flexibility index (Phi) is 4.76. The smallest absolute Gasteiger partial charge is 0.414 e. The summed E-state index contributed by atoms with van der Waals surface area (Å²) in [7, 11) is 0. The molecule has 0 radical (unpaired) electrons. The minimum atomic E-state index is -0.351. The van der Waals surface area contributed by atoms with Gasteiger partial charge in [0, 0.05) is 5.70 Å². The van der Waals surface area contributed by atoms with Gasteiger partial charge in [0.15, 0.2) is 0 Å². The summed E-state index contributed by atoms with van der Waals surface area (Å²) in [5.74, 6) is 0. The topological polar surface area (TPSA) is 29.5 Å². The Morgan fingerprint density at radius 2 is 2.00 bits per heavy atom. The van der Waals surface area contributed by atoms with Crippen molar-refractivity contribution in [1.82, 2.24) is 4.90 Å². The van der Waals surface area contributed by atoms with Crippen LogP contribution in [0.4, 0.5) is 4.79 Å². The van der Waals surface area contributed by atoms with Gasteiger partial charge < -0.3 is 4.74 Å². The number of amides is 1. The average molecular weight is 233 g/mol. The monoisotopic (exact) mass is 233 g/mol. The van der Waals surface area contributed by atoms with Crippen molar-refractivity contribution in [2.24, 2.45) is 0 Å². The fourth-order valence-electron chi connectivity index (χ4n) is 1.72. The maximum absolute atomic E-state index is 11.8. The summed E-state index contributed by atoms with van der Waals surface area (Å²) >= 11 is 0. The SMILES string of the molecule is C=C(C)N(C(=O)OCC)C(C)c1ccccc1. The molecular formula is C14H19NO2. The van der Waals surface area contributed by atoms with Crippen molar-refractivity contribution in [3.05, 3.63) is 48.2 Å². The predicted octanol–water partition coefficient (Wildman–Crippen LogP) is 3.74. The Balaban J connectivity index is 2.92. The number of hydrogen-bond donors (Lipinski definition) is 0. The third kappa shape index (κ3) is 3.34. The van der Waals surface area contributed by atoms with Crippen LogP contribution in [-0.2, 0) is 4.74 Å². The lowest BCUT2D eigenvalue weighted by molar-refractivity contribution is 0.107. The van der Waals surface area contributed by atoms with E-state index in [2.05, 4.69) is 6.58 Å². The van der Waals surface area contributed by atoms with Crippen LogP contribution in [0.3, 0.4) is 0 Å². The number of benzene rings is 1. The summed E-state index contributed by atoms with van der Waals surface area (Å²) in [6.07, 6.45) is -0.351. The average Bonchev–Trinajstić information content (AvgIpc) is 2.30. The molecule has 1 amide bonds. The van der Waals surface area contributed by atoms with Crippen LogP contribution in [-0.4, -0.2) is 17.6 Å². The first-order chi connectivity index (χ1) is 8.07. The Bertz CT molecular complexity index is 386. The van der Waals surface area contributed by atoms with Gasteiger partial charge in [-0.25, -0.2) is 4.79 Å². The molecule has 0 aliphatic carbocycles. The highest BCUT2D eigenvalue weighted by Crippen LogP contribution is 2.24. The molecular weight excluding hydrogens is 214 g/mol. The van der Waals surface area contributed by atoms with E-state index in [4.69, 9.17) is 4.74 Å². The van der Waals surface area contributed by atoms with Crippen molar-refractivity contribution in [2.45, 2.75) is 26.8 Å². The number of carbonyl (C=O) groups is 1. The van der Waals surface area contributed by atoms with Gasteiger partial charge in [-0.2, -0.15) is 0 Å². The van der Waals surface area contributed by atoms with Crippen LogP contribution in [0.15, 0.2) is 42.6 Å². The largest absolute Gasteiger partial charge is 0.449 e. The molecule has 3 nitrogen and oxygen atoms in total. The van der Waals surface area contributed by atoms with Gasteiger partial charge in [0.2, 0.25) is 0 Å². The minimum Gasteiger partial charge on any atom is -0.449 e. The predicted molar refractivity (Wildman–Crippen MR) is 68.5 cm³/mol. The molecule has 0 aliphatic rings.